The van der Waals surface area contributed by atoms with Gasteiger partial charge in [-0.3, -0.25) is 9.78 Å². The van der Waals surface area contributed by atoms with Gasteiger partial charge >= 0.3 is 6.09 Å². The molecule has 30 heavy (non-hydrogen) atoms. The number of carboxylic acid groups (broad SMARTS) is 1. The molecule has 154 valence electrons. The third-order valence-corrected chi connectivity index (χ3v) is 5.12. The van der Waals surface area contributed by atoms with E-state index in [0.29, 0.717) is 40.8 Å². The highest BCUT2D eigenvalue weighted by Gasteiger charge is 2.28. The van der Waals surface area contributed by atoms with Gasteiger partial charge in [-0.15, -0.1) is 0 Å². The van der Waals surface area contributed by atoms with Gasteiger partial charge in [0.1, 0.15) is 16.0 Å². The first-order chi connectivity index (χ1) is 14.5. The first-order valence-corrected chi connectivity index (χ1v) is 10.0. The molecule has 1 aliphatic heterocycles. The standard InChI is InChI=1S/C19H17BrN6O4/c20-15-5-1-4-14(23-15)17(27)22-12-6-7-13(21-9-12)16-24-18(30-25-16)11-3-2-8-26(10-11)19(28)29/h1,4-7,9,11H,2-3,8,10H2,(H,22,27)(H,28,29)/t11-/m0/s1. The van der Waals surface area contributed by atoms with E-state index in [0.717, 1.165) is 12.8 Å². The van der Waals surface area contributed by atoms with E-state index in [9.17, 15) is 14.7 Å². The zero-order valence-electron chi connectivity index (χ0n) is 15.7. The monoisotopic (exact) mass is 472 g/mol. The van der Waals surface area contributed by atoms with Crippen molar-refractivity contribution in [2.75, 3.05) is 18.4 Å². The lowest BCUT2D eigenvalue weighted by atomic mass is 9.98. The summed E-state index contributed by atoms with van der Waals surface area (Å²) in [6, 6.07) is 8.42. The van der Waals surface area contributed by atoms with Crippen molar-refractivity contribution < 1.29 is 19.2 Å². The number of pyridine rings is 2. The van der Waals surface area contributed by atoms with Crippen LogP contribution in [0.2, 0.25) is 0 Å². The maximum atomic E-state index is 12.3. The average Bonchev–Trinajstić information content (AvgIpc) is 3.25. The number of aromatic nitrogens is 4. The molecule has 1 saturated heterocycles. The van der Waals surface area contributed by atoms with Crippen LogP contribution in [0, 0.1) is 0 Å². The molecule has 0 aromatic carbocycles. The van der Waals surface area contributed by atoms with Crippen LogP contribution in [-0.4, -0.2) is 55.2 Å². The van der Waals surface area contributed by atoms with Crippen LogP contribution >= 0.6 is 15.9 Å². The first-order valence-electron chi connectivity index (χ1n) is 9.21. The van der Waals surface area contributed by atoms with E-state index in [2.05, 4.69) is 41.4 Å². The number of hydrogen-bond acceptors (Lipinski definition) is 7. The normalized spacial score (nSPS) is 16.3. The Kier molecular flexibility index (Phi) is 5.70. The second-order valence-electron chi connectivity index (χ2n) is 6.76. The van der Waals surface area contributed by atoms with Crippen molar-refractivity contribution in [1.29, 1.82) is 0 Å². The van der Waals surface area contributed by atoms with Crippen LogP contribution in [0.3, 0.4) is 0 Å². The van der Waals surface area contributed by atoms with Gasteiger partial charge in [-0.05, 0) is 53.0 Å². The van der Waals surface area contributed by atoms with Crippen molar-refractivity contribution >= 4 is 33.6 Å². The number of nitrogens with one attached hydrogen (secondary N) is 1. The maximum absolute atomic E-state index is 12.3. The molecule has 0 saturated carbocycles. The minimum absolute atomic E-state index is 0.132. The van der Waals surface area contributed by atoms with E-state index in [1.165, 1.54) is 11.1 Å². The Labute approximate surface area is 179 Å². The number of nitrogens with zero attached hydrogens (tertiary/aromatic N) is 5. The number of rotatable bonds is 4. The second-order valence-corrected chi connectivity index (χ2v) is 7.57. The summed E-state index contributed by atoms with van der Waals surface area (Å²) in [5.41, 5.74) is 1.26. The topological polar surface area (TPSA) is 134 Å². The number of piperidine rings is 1. The number of carbonyl (C=O) groups excluding carboxylic acids is 1. The minimum atomic E-state index is -0.947. The van der Waals surface area contributed by atoms with Crippen LogP contribution in [0.5, 0.6) is 0 Å². The summed E-state index contributed by atoms with van der Waals surface area (Å²) >= 11 is 3.23. The second kappa shape index (κ2) is 8.57. The lowest BCUT2D eigenvalue weighted by Gasteiger charge is -2.28. The highest BCUT2D eigenvalue weighted by Crippen LogP contribution is 2.27. The number of carbonyl (C=O) groups is 2. The summed E-state index contributed by atoms with van der Waals surface area (Å²) in [6.45, 7) is 0.843. The molecule has 0 radical (unpaired) electrons. The van der Waals surface area contributed by atoms with Crippen molar-refractivity contribution in [2.45, 2.75) is 18.8 Å². The Morgan fingerprint density at radius 1 is 1.23 bits per heavy atom. The largest absolute Gasteiger partial charge is 0.465 e. The number of anilines is 1. The fourth-order valence-electron chi connectivity index (χ4n) is 3.19. The molecule has 4 heterocycles. The van der Waals surface area contributed by atoms with Gasteiger partial charge in [0.05, 0.1) is 17.8 Å². The zero-order chi connectivity index (χ0) is 21.1. The Morgan fingerprint density at radius 2 is 2.10 bits per heavy atom. The Balaban J connectivity index is 1.43. The molecular formula is C19H17BrN6O4. The summed E-state index contributed by atoms with van der Waals surface area (Å²) in [4.78, 5) is 37.6. The zero-order valence-corrected chi connectivity index (χ0v) is 17.2. The molecule has 11 heteroatoms. The van der Waals surface area contributed by atoms with Crippen molar-refractivity contribution in [1.82, 2.24) is 25.0 Å². The van der Waals surface area contributed by atoms with Crippen molar-refractivity contribution in [3.05, 3.63) is 52.7 Å². The van der Waals surface area contributed by atoms with Gasteiger partial charge in [-0.1, -0.05) is 11.2 Å². The molecule has 0 bridgehead atoms. The quantitative estimate of drug-likeness (QED) is 0.551. The van der Waals surface area contributed by atoms with Crippen molar-refractivity contribution in [3.8, 4) is 11.5 Å². The lowest BCUT2D eigenvalue weighted by Crippen LogP contribution is -2.38. The highest BCUT2D eigenvalue weighted by atomic mass is 79.9. The minimum Gasteiger partial charge on any atom is -0.465 e. The van der Waals surface area contributed by atoms with Gasteiger partial charge in [0, 0.05) is 13.1 Å². The molecular weight excluding hydrogens is 456 g/mol. The predicted molar refractivity (Wildman–Crippen MR) is 109 cm³/mol. The summed E-state index contributed by atoms with van der Waals surface area (Å²) in [6.07, 6.45) is 2.08. The third kappa shape index (κ3) is 4.46. The van der Waals surface area contributed by atoms with Gasteiger partial charge in [0.25, 0.3) is 5.91 Å². The van der Waals surface area contributed by atoms with Gasteiger partial charge < -0.3 is 19.8 Å². The highest BCUT2D eigenvalue weighted by molar-refractivity contribution is 9.10. The maximum Gasteiger partial charge on any atom is 0.407 e. The van der Waals surface area contributed by atoms with Crippen LogP contribution in [0.25, 0.3) is 11.5 Å². The smallest absolute Gasteiger partial charge is 0.407 e. The SMILES string of the molecule is O=C(Nc1ccc(-c2noc([C@H]3CCCN(C(=O)O)C3)n2)nc1)c1cccc(Br)n1. The first kappa shape index (κ1) is 20.0. The van der Waals surface area contributed by atoms with Gasteiger partial charge in [0.2, 0.25) is 11.7 Å². The number of amides is 2. The number of hydrogen-bond donors (Lipinski definition) is 2. The Hall–Kier alpha value is -3.34. The molecule has 1 fully saturated rings. The van der Waals surface area contributed by atoms with E-state index in [1.54, 1.807) is 30.3 Å². The molecule has 0 unspecified atom stereocenters. The molecule has 1 aliphatic rings. The van der Waals surface area contributed by atoms with Gasteiger partial charge in [-0.25, -0.2) is 9.78 Å². The van der Waals surface area contributed by atoms with Crippen molar-refractivity contribution in [3.63, 3.8) is 0 Å². The van der Waals surface area contributed by atoms with Crippen molar-refractivity contribution in [2.24, 2.45) is 0 Å². The van der Waals surface area contributed by atoms with Crippen LogP contribution in [0.1, 0.15) is 35.1 Å². The molecule has 1 atom stereocenters. The molecule has 2 amide bonds. The Bertz CT molecular complexity index is 1070. The van der Waals surface area contributed by atoms with E-state index >= 15 is 0 Å². The van der Waals surface area contributed by atoms with Crippen LogP contribution in [-0.2, 0) is 0 Å². The predicted octanol–water partition coefficient (Wildman–Crippen LogP) is 3.40. The Morgan fingerprint density at radius 3 is 2.83 bits per heavy atom. The molecule has 3 aromatic rings. The van der Waals surface area contributed by atoms with E-state index < -0.39 is 6.09 Å². The average molecular weight is 473 g/mol. The third-order valence-electron chi connectivity index (χ3n) is 4.68. The van der Waals surface area contributed by atoms with Crippen LogP contribution in [0.15, 0.2) is 45.7 Å². The molecule has 3 aromatic heterocycles. The summed E-state index contributed by atoms with van der Waals surface area (Å²) < 4.78 is 5.92. The van der Waals surface area contributed by atoms with Crippen LogP contribution < -0.4 is 5.32 Å². The number of halogens is 1. The van der Waals surface area contributed by atoms with E-state index in [-0.39, 0.29) is 17.5 Å². The fourth-order valence-corrected chi connectivity index (χ4v) is 3.53. The lowest BCUT2D eigenvalue weighted by molar-refractivity contribution is 0.102. The summed E-state index contributed by atoms with van der Waals surface area (Å²) in [7, 11) is 0. The van der Waals surface area contributed by atoms with Crippen LogP contribution in [0.4, 0.5) is 10.5 Å². The van der Waals surface area contributed by atoms with E-state index in [1.807, 2.05) is 0 Å². The molecule has 2 N–H and O–H groups in total. The molecule has 0 aliphatic carbocycles. The number of likely N-dealkylation sites (tertiary alicyclic amines) is 1. The van der Waals surface area contributed by atoms with Gasteiger partial charge in [0.15, 0.2) is 0 Å². The molecule has 10 nitrogen and oxygen atoms in total. The van der Waals surface area contributed by atoms with E-state index in [4.69, 9.17) is 4.52 Å². The summed E-state index contributed by atoms with van der Waals surface area (Å²) in [5, 5.41) is 15.9. The molecule has 4 rings (SSSR count). The summed E-state index contributed by atoms with van der Waals surface area (Å²) in [5.74, 6) is 0.222. The van der Waals surface area contributed by atoms with Gasteiger partial charge in [-0.2, -0.15) is 4.98 Å². The fraction of sp³-hybridized carbons (Fsp3) is 0.263. The molecule has 0 spiro atoms.